The van der Waals surface area contributed by atoms with Gasteiger partial charge in [0.15, 0.2) is 0 Å². The molecule has 2 rings (SSSR count). The van der Waals surface area contributed by atoms with E-state index in [9.17, 15) is 9.90 Å². The van der Waals surface area contributed by atoms with Gasteiger partial charge in [-0.25, -0.2) is 0 Å². The predicted molar refractivity (Wildman–Crippen MR) is 42.6 cm³/mol. The minimum Gasteiger partial charge on any atom is -0.481 e. The fraction of sp³-hybridized carbons (Fsp3) is 0.889. The number of aliphatic hydroxyl groups excluding tert-OH is 1. The van der Waals surface area contributed by atoms with E-state index in [0.717, 1.165) is 19.3 Å². The number of hydrogen-bond acceptors (Lipinski definition) is 2. The van der Waals surface area contributed by atoms with Crippen LogP contribution < -0.4 is 0 Å². The second-order valence-corrected chi connectivity index (χ2v) is 4.08. The van der Waals surface area contributed by atoms with Gasteiger partial charge in [-0.15, -0.1) is 0 Å². The third-order valence-corrected chi connectivity index (χ3v) is 3.43. The van der Waals surface area contributed by atoms with Gasteiger partial charge in [0.05, 0.1) is 12.0 Å². The molecule has 0 aromatic heterocycles. The molecule has 0 aromatic carbocycles. The molecule has 0 aliphatic heterocycles. The van der Waals surface area contributed by atoms with Crippen molar-refractivity contribution in [1.29, 1.82) is 0 Å². The molecule has 2 saturated carbocycles. The molecule has 2 N–H and O–H groups in total. The molecule has 0 aromatic rings. The molecule has 3 heteroatoms. The first kappa shape index (κ1) is 8.05. The van der Waals surface area contributed by atoms with Crippen LogP contribution in [0.3, 0.4) is 0 Å². The fourth-order valence-corrected chi connectivity index (χ4v) is 2.72. The lowest BCUT2D eigenvalue weighted by Crippen LogP contribution is -2.23. The highest BCUT2D eigenvalue weighted by Gasteiger charge is 2.44. The minimum absolute atomic E-state index is 0.174. The van der Waals surface area contributed by atoms with Gasteiger partial charge in [0.25, 0.3) is 0 Å². The molecule has 0 amide bonds. The first-order valence-electron chi connectivity index (χ1n) is 4.59. The fourth-order valence-electron chi connectivity index (χ4n) is 2.72. The van der Waals surface area contributed by atoms with Gasteiger partial charge < -0.3 is 10.2 Å². The largest absolute Gasteiger partial charge is 0.481 e. The summed E-state index contributed by atoms with van der Waals surface area (Å²) >= 11 is 0. The summed E-state index contributed by atoms with van der Waals surface area (Å²) in [6.45, 7) is 0. The summed E-state index contributed by atoms with van der Waals surface area (Å²) in [7, 11) is 0. The Morgan fingerprint density at radius 2 is 1.92 bits per heavy atom. The van der Waals surface area contributed by atoms with Crippen LogP contribution in [0.1, 0.15) is 25.7 Å². The van der Waals surface area contributed by atoms with E-state index < -0.39 is 5.97 Å². The van der Waals surface area contributed by atoms with E-state index >= 15 is 0 Å². The summed E-state index contributed by atoms with van der Waals surface area (Å²) in [5, 5.41) is 18.4. The van der Waals surface area contributed by atoms with Crippen molar-refractivity contribution in [3.8, 4) is 0 Å². The average Bonchev–Trinajstić information content (AvgIpc) is 2.37. The average molecular weight is 170 g/mol. The van der Waals surface area contributed by atoms with Gasteiger partial charge in [-0.1, -0.05) is 0 Å². The van der Waals surface area contributed by atoms with Crippen LogP contribution in [-0.2, 0) is 4.79 Å². The van der Waals surface area contributed by atoms with E-state index in [4.69, 9.17) is 5.11 Å². The number of aliphatic carboxylic acids is 1. The van der Waals surface area contributed by atoms with Gasteiger partial charge in [-0.2, -0.15) is 0 Å². The van der Waals surface area contributed by atoms with E-state index in [1.165, 1.54) is 0 Å². The third kappa shape index (κ3) is 1.12. The number of rotatable bonds is 1. The summed E-state index contributed by atoms with van der Waals surface area (Å²) in [5.41, 5.74) is 0. The smallest absolute Gasteiger partial charge is 0.306 e. The Balaban J connectivity index is 2.10. The lowest BCUT2D eigenvalue weighted by molar-refractivity contribution is -0.142. The summed E-state index contributed by atoms with van der Waals surface area (Å²) in [6, 6.07) is 0. The van der Waals surface area contributed by atoms with E-state index in [1.54, 1.807) is 0 Å². The molecule has 0 heterocycles. The van der Waals surface area contributed by atoms with Crippen LogP contribution in [0.2, 0.25) is 0 Å². The molecule has 0 radical (unpaired) electrons. The Kier molecular flexibility index (Phi) is 1.83. The van der Waals surface area contributed by atoms with Crippen molar-refractivity contribution in [2.24, 2.45) is 17.8 Å². The zero-order valence-electron chi connectivity index (χ0n) is 6.94. The standard InChI is InChI=1S/C9H14O3/c10-8-2-1-5-3-6(8)4-7(5)9(11)12/h5-8,10H,1-4H2,(H,11,12)/t5-,6+,7-,8-/m1/s1. The van der Waals surface area contributed by atoms with Gasteiger partial charge in [-0.3, -0.25) is 4.79 Å². The number of aliphatic hydroxyl groups is 1. The maximum Gasteiger partial charge on any atom is 0.306 e. The summed E-state index contributed by atoms with van der Waals surface area (Å²) in [5.74, 6) is -0.232. The summed E-state index contributed by atoms with van der Waals surface area (Å²) in [4.78, 5) is 10.8. The zero-order chi connectivity index (χ0) is 8.72. The monoisotopic (exact) mass is 170 g/mol. The Hall–Kier alpha value is -0.570. The van der Waals surface area contributed by atoms with Gasteiger partial charge in [0.2, 0.25) is 0 Å². The highest BCUT2D eigenvalue weighted by Crippen LogP contribution is 2.45. The topological polar surface area (TPSA) is 57.5 Å². The maximum atomic E-state index is 10.8. The molecule has 0 spiro atoms. The van der Waals surface area contributed by atoms with E-state index in [0.29, 0.717) is 12.3 Å². The molecule has 2 aliphatic carbocycles. The Bertz CT molecular complexity index is 202. The molecule has 0 unspecified atom stereocenters. The first-order valence-corrected chi connectivity index (χ1v) is 4.59. The Labute approximate surface area is 71.4 Å². The van der Waals surface area contributed by atoms with E-state index in [2.05, 4.69) is 0 Å². The second-order valence-electron chi connectivity index (χ2n) is 4.08. The van der Waals surface area contributed by atoms with Gasteiger partial charge in [0.1, 0.15) is 0 Å². The van der Waals surface area contributed by atoms with Crippen molar-refractivity contribution < 1.29 is 15.0 Å². The van der Waals surface area contributed by atoms with Crippen LogP contribution in [-0.4, -0.2) is 22.3 Å². The van der Waals surface area contributed by atoms with Crippen LogP contribution in [0.25, 0.3) is 0 Å². The van der Waals surface area contributed by atoms with Crippen molar-refractivity contribution in [3.05, 3.63) is 0 Å². The zero-order valence-corrected chi connectivity index (χ0v) is 6.94. The molecule has 68 valence electrons. The summed E-state index contributed by atoms with van der Waals surface area (Å²) < 4.78 is 0. The molecule has 2 fully saturated rings. The molecule has 12 heavy (non-hydrogen) atoms. The van der Waals surface area contributed by atoms with E-state index in [-0.39, 0.29) is 17.9 Å². The molecule has 4 atom stereocenters. The molecular weight excluding hydrogens is 156 g/mol. The lowest BCUT2D eigenvalue weighted by Gasteiger charge is -2.24. The van der Waals surface area contributed by atoms with Crippen LogP contribution in [0.4, 0.5) is 0 Å². The lowest BCUT2D eigenvalue weighted by atomic mass is 9.85. The predicted octanol–water partition coefficient (Wildman–Crippen LogP) is 0.868. The molecule has 2 bridgehead atoms. The number of hydrogen-bond donors (Lipinski definition) is 2. The maximum absolute atomic E-state index is 10.8. The van der Waals surface area contributed by atoms with Crippen molar-refractivity contribution >= 4 is 5.97 Å². The SMILES string of the molecule is O=C(O)[C@@H]1C[C@@H]2C[C@H]1CC[C@H]2O. The highest BCUT2D eigenvalue weighted by atomic mass is 16.4. The normalized spacial score (nSPS) is 46.1. The van der Waals surface area contributed by atoms with Crippen LogP contribution >= 0.6 is 0 Å². The number of fused-ring (bicyclic) bond motifs is 2. The first-order chi connectivity index (χ1) is 5.68. The second kappa shape index (κ2) is 2.73. The van der Waals surface area contributed by atoms with Crippen LogP contribution in [0, 0.1) is 17.8 Å². The molecule has 2 aliphatic rings. The van der Waals surface area contributed by atoms with Gasteiger partial charge in [-0.05, 0) is 37.5 Å². The van der Waals surface area contributed by atoms with E-state index in [1.807, 2.05) is 0 Å². The Morgan fingerprint density at radius 3 is 2.50 bits per heavy atom. The molecular formula is C9H14O3. The Morgan fingerprint density at radius 1 is 1.17 bits per heavy atom. The van der Waals surface area contributed by atoms with Gasteiger partial charge >= 0.3 is 5.97 Å². The highest BCUT2D eigenvalue weighted by molar-refractivity contribution is 5.70. The van der Waals surface area contributed by atoms with Crippen molar-refractivity contribution in [2.75, 3.05) is 0 Å². The quantitative estimate of drug-likeness (QED) is 0.614. The third-order valence-electron chi connectivity index (χ3n) is 3.43. The van der Waals surface area contributed by atoms with Crippen LogP contribution in [0.5, 0.6) is 0 Å². The number of carboxylic acid groups (broad SMARTS) is 1. The van der Waals surface area contributed by atoms with Crippen LogP contribution in [0.15, 0.2) is 0 Å². The van der Waals surface area contributed by atoms with Crippen molar-refractivity contribution in [3.63, 3.8) is 0 Å². The van der Waals surface area contributed by atoms with Crippen molar-refractivity contribution in [1.82, 2.24) is 0 Å². The molecule has 3 nitrogen and oxygen atoms in total. The number of carbonyl (C=O) groups is 1. The molecule has 0 saturated heterocycles. The summed E-state index contributed by atoms with van der Waals surface area (Å²) in [6.07, 6.45) is 3.10. The number of carboxylic acids is 1. The minimum atomic E-state index is -0.670. The van der Waals surface area contributed by atoms with Gasteiger partial charge in [0, 0.05) is 0 Å². The van der Waals surface area contributed by atoms with Crippen molar-refractivity contribution in [2.45, 2.75) is 31.8 Å².